The van der Waals surface area contributed by atoms with Crippen molar-refractivity contribution >= 4 is 38.9 Å². The first-order valence-corrected chi connectivity index (χ1v) is 11.0. The van der Waals surface area contributed by atoms with Crippen molar-refractivity contribution < 1.29 is 35.9 Å². The van der Waals surface area contributed by atoms with Gasteiger partial charge in [0, 0.05) is 0 Å². The van der Waals surface area contributed by atoms with E-state index in [9.17, 15) is 26.4 Å². The molecule has 0 atom stereocenters. The molecule has 174 valence electrons. The van der Waals surface area contributed by atoms with Crippen LogP contribution < -0.4 is 19.5 Å². The molecule has 3 aromatic rings. The third-order valence-electron chi connectivity index (χ3n) is 4.22. The summed E-state index contributed by atoms with van der Waals surface area (Å²) in [4.78, 5) is 11.8. The molecule has 0 spiro atoms. The summed E-state index contributed by atoms with van der Waals surface area (Å²) in [6.07, 6.45) is 0. The molecule has 33 heavy (non-hydrogen) atoms. The molecule has 0 aliphatic rings. The molecule has 0 unspecified atom stereocenters. The first kappa shape index (κ1) is 24.2. The van der Waals surface area contributed by atoms with Crippen LogP contribution in [0.4, 0.5) is 24.5 Å². The maximum Gasteiger partial charge on any atom is 0.262 e. The summed E-state index contributed by atoms with van der Waals surface area (Å²) in [5.41, 5.74) is -0.323. The Balaban J connectivity index is 1.61. The topological polar surface area (TPSA) is 93.7 Å². The van der Waals surface area contributed by atoms with Crippen LogP contribution in [0, 0.1) is 17.5 Å². The molecule has 0 radical (unpaired) electrons. The van der Waals surface area contributed by atoms with Gasteiger partial charge in [-0.25, -0.2) is 21.6 Å². The van der Waals surface area contributed by atoms with E-state index in [1.54, 1.807) is 0 Å². The lowest BCUT2D eigenvalue weighted by Gasteiger charge is -2.11. The average molecular weight is 501 g/mol. The molecule has 0 saturated carbocycles. The van der Waals surface area contributed by atoms with Crippen LogP contribution >= 0.6 is 11.6 Å². The Morgan fingerprint density at radius 2 is 1.70 bits per heavy atom. The lowest BCUT2D eigenvalue weighted by molar-refractivity contribution is -0.118. The Labute approximate surface area is 192 Å². The van der Waals surface area contributed by atoms with Crippen molar-refractivity contribution in [1.82, 2.24) is 0 Å². The monoisotopic (exact) mass is 500 g/mol. The lowest BCUT2D eigenvalue weighted by atomic mass is 10.3. The molecule has 3 aromatic carbocycles. The molecule has 0 fully saturated rings. The second-order valence-corrected chi connectivity index (χ2v) is 8.58. The SMILES string of the molecule is COc1ccc(NS(=O)(=O)c2ccc(OCC(=O)Nc3ccc(F)c(F)c3F)cc2)cc1Cl. The number of amides is 1. The first-order valence-electron chi connectivity index (χ1n) is 9.13. The van der Waals surface area contributed by atoms with Crippen molar-refractivity contribution in [2.75, 3.05) is 23.8 Å². The molecule has 7 nitrogen and oxygen atoms in total. The van der Waals surface area contributed by atoms with E-state index in [0.717, 1.165) is 6.07 Å². The summed E-state index contributed by atoms with van der Waals surface area (Å²) < 4.78 is 77.5. The highest BCUT2D eigenvalue weighted by Gasteiger charge is 2.17. The zero-order valence-corrected chi connectivity index (χ0v) is 18.4. The fourth-order valence-electron chi connectivity index (χ4n) is 2.62. The van der Waals surface area contributed by atoms with Crippen LogP contribution in [0.25, 0.3) is 0 Å². The van der Waals surface area contributed by atoms with E-state index in [2.05, 4.69) is 10.0 Å². The van der Waals surface area contributed by atoms with Gasteiger partial charge < -0.3 is 14.8 Å². The minimum atomic E-state index is -3.94. The Morgan fingerprint density at radius 1 is 1.00 bits per heavy atom. The van der Waals surface area contributed by atoms with Gasteiger partial charge in [0.2, 0.25) is 0 Å². The van der Waals surface area contributed by atoms with Gasteiger partial charge in [0.15, 0.2) is 24.1 Å². The van der Waals surface area contributed by atoms with Crippen molar-refractivity contribution in [3.8, 4) is 11.5 Å². The number of nitrogens with one attached hydrogen (secondary N) is 2. The number of sulfonamides is 1. The van der Waals surface area contributed by atoms with Gasteiger partial charge >= 0.3 is 0 Å². The fourth-order valence-corrected chi connectivity index (χ4v) is 3.92. The van der Waals surface area contributed by atoms with Crippen LogP contribution in [-0.2, 0) is 14.8 Å². The van der Waals surface area contributed by atoms with Gasteiger partial charge in [0.25, 0.3) is 15.9 Å². The van der Waals surface area contributed by atoms with Crippen LogP contribution in [0.5, 0.6) is 11.5 Å². The van der Waals surface area contributed by atoms with Crippen molar-refractivity contribution in [1.29, 1.82) is 0 Å². The quantitative estimate of drug-likeness (QED) is 0.441. The summed E-state index contributed by atoms with van der Waals surface area (Å²) >= 11 is 5.99. The maximum absolute atomic E-state index is 13.6. The third kappa shape index (κ3) is 5.88. The van der Waals surface area contributed by atoms with Crippen molar-refractivity contribution in [3.63, 3.8) is 0 Å². The third-order valence-corrected chi connectivity index (χ3v) is 5.91. The van der Waals surface area contributed by atoms with Crippen molar-refractivity contribution in [3.05, 3.63) is 77.1 Å². The molecule has 0 aliphatic carbocycles. The second kappa shape index (κ2) is 10.0. The average Bonchev–Trinajstić information content (AvgIpc) is 2.78. The van der Waals surface area contributed by atoms with Crippen molar-refractivity contribution in [2.24, 2.45) is 0 Å². The summed E-state index contributed by atoms with van der Waals surface area (Å²) in [7, 11) is -2.51. The number of hydrogen-bond donors (Lipinski definition) is 2. The zero-order valence-electron chi connectivity index (χ0n) is 16.9. The Hall–Kier alpha value is -3.44. The van der Waals surface area contributed by atoms with Crippen LogP contribution in [0.1, 0.15) is 0 Å². The lowest BCUT2D eigenvalue weighted by Crippen LogP contribution is -2.21. The van der Waals surface area contributed by atoms with E-state index in [0.29, 0.717) is 11.8 Å². The highest BCUT2D eigenvalue weighted by molar-refractivity contribution is 7.92. The normalized spacial score (nSPS) is 11.1. The molecule has 3 rings (SSSR count). The molecule has 2 N–H and O–H groups in total. The van der Waals surface area contributed by atoms with Crippen LogP contribution in [0.3, 0.4) is 0 Å². The molecule has 0 aliphatic heterocycles. The number of carbonyl (C=O) groups excluding carboxylic acids is 1. The molecule has 12 heteroatoms. The maximum atomic E-state index is 13.6. The zero-order chi connectivity index (χ0) is 24.2. The minimum absolute atomic E-state index is 0.0879. The van der Waals surface area contributed by atoms with E-state index in [1.807, 2.05) is 0 Å². The number of methoxy groups -OCH3 is 1. The second-order valence-electron chi connectivity index (χ2n) is 6.49. The standard InChI is InChI=1S/C21H16ClF3N2O5S/c1-31-18-9-2-12(10-15(18)22)27-33(29,30)14-5-3-13(4-6-14)32-11-19(28)26-17-8-7-16(23)20(24)21(17)25/h2-10,27H,11H2,1H3,(H,26,28). The van der Waals surface area contributed by atoms with Gasteiger partial charge in [-0.15, -0.1) is 0 Å². The van der Waals surface area contributed by atoms with E-state index in [4.69, 9.17) is 21.1 Å². The molecule has 1 amide bonds. The molecule has 0 heterocycles. The largest absolute Gasteiger partial charge is 0.495 e. The number of carbonyl (C=O) groups is 1. The van der Waals surface area contributed by atoms with E-state index >= 15 is 0 Å². The highest BCUT2D eigenvalue weighted by Crippen LogP contribution is 2.28. The molecule has 0 bridgehead atoms. The molecule has 0 aromatic heterocycles. The minimum Gasteiger partial charge on any atom is -0.495 e. The number of rotatable bonds is 8. The van der Waals surface area contributed by atoms with Gasteiger partial charge in [0.1, 0.15) is 11.5 Å². The molecular formula is C21H16ClF3N2O5S. The van der Waals surface area contributed by atoms with Gasteiger partial charge in [-0.2, -0.15) is 0 Å². The Bertz CT molecular complexity index is 1290. The van der Waals surface area contributed by atoms with Crippen LogP contribution in [0.2, 0.25) is 5.02 Å². The number of anilines is 2. The van der Waals surface area contributed by atoms with Crippen LogP contribution in [-0.4, -0.2) is 28.0 Å². The predicted molar refractivity (Wildman–Crippen MR) is 116 cm³/mol. The predicted octanol–water partition coefficient (Wildman–Crippen LogP) is 4.58. The summed E-state index contributed by atoms with van der Waals surface area (Å²) in [6, 6.07) is 11.0. The number of halogens is 4. The van der Waals surface area contributed by atoms with E-state index in [1.165, 1.54) is 49.6 Å². The smallest absolute Gasteiger partial charge is 0.262 e. The molecule has 0 saturated heterocycles. The van der Waals surface area contributed by atoms with Gasteiger partial charge in [-0.3, -0.25) is 9.52 Å². The van der Waals surface area contributed by atoms with Crippen molar-refractivity contribution in [2.45, 2.75) is 4.90 Å². The fraction of sp³-hybridized carbons (Fsp3) is 0.0952. The van der Waals surface area contributed by atoms with Gasteiger partial charge in [-0.05, 0) is 54.6 Å². The molecular weight excluding hydrogens is 485 g/mol. The summed E-state index contributed by atoms with van der Waals surface area (Å²) in [5.74, 6) is -4.95. The summed E-state index contributed by atoms with van der Waals surface area (Å²) in [5, 5.41) is 2.28. The number of ether oxygens (including phenoxy) is 2. The Kier molecular flexibility index (Phi) is 7.34. The van der Waals surface area contributed by atoms with E-state index in [-0.39, 0.29) is 21.4 Å². The van der Waals surface area contributed by atoms with Crippen LogP contribution in [0.15, 0.2) is 59.5 Å². The Morgan fingerprint density at radius 3 is 2.33 bits per heavy atom. The number of benzene rings is 3. The van der Waals surface area contributed by atoms with Gasteiger partial charge in [0.05, 0.1) is 28.4 Å². The van der Waals surface area contributed by atoms with E-state index < -0.39 is 45.7 Å². The first-order chi connectivity index (χ1) is 15.6. The summed E-state index contributed by atoms with van der Waals surface area (Å²) in [6.45, 7) is -0.590. The number of hydrogen-bond acceptors (Lipinski definition) is 5. The van der Waals surface area contributed by atoms with Gasteiger partial charge in [-0.1, -0.05) is 11.6 Å². The highest BCUT2D eigenvalue weighted by atomic mass is 35.5.